The third-order valence-electron chi connectivity index (χ3n) is 6.68. The summed E-state index contributed by atoms with van der Waals surface area (Å²) in [6, 6.07) is 17.5. The van der Waals surface area contributed by atoms with Gasteiger partial charge in [0.1, 0.15) is 40.1 Å². The Bertz CT molecular complexity index is 1110. The van der Waals surface area contributed by atoms with Crippen LogP contribution in [0.4, 0.5) is 0 Å². The van der Waals surface area contributed by atoms with E-state index < -0.39 is 0 Å². The molecular formula is C31H42O2S2+2. The Hall–Kier alpha value is -1.78. The van der Waals surface area contributed by atoms with Crippen molar-refractivity contribution in [3.8, 4) is 11.5 Å². The second-order valence-corrected chi connectivity index (χ2v) is 15.3. The molecule has 3 aromatic rings. The van der Waals surface area contributed by atoms with Gasteiger partial charge in [0.25, 0.3) is 0 Å². The van der Waals surface area contributed by atoms with Crippen LogP contribution in [0.5, 0.6) is 11.5 Å². The maximum atomic E-state index is 9.73. The molecule has 2 fully saturated rings. The molecule has 2 aliphatic heterocycles. The van der Waals surface area contributed by atoms with Gasteiger partial charge in [-0.2, -0.15) is 0 Å². The van der Waals surface area contributed by atoms with Gasteiger partial charge in [-0.15, -0.1) is 0 Å². The maximum absolute atomic E-state index is 9.73. The van der Waals surface area contributed by atoms with E-state index in [1.165, 1.54) is 70.8 Å². The lowest BCUT2D eigenvalue weighted by atomic mass is 10.1. The molecule has 0 aromatic heterocycles. The first kappa shape index (κ1) is 26.3. The van der Waals surface area contributed by atoms with Crippen molar-refractivity contribution in [2.24, 2.45) is 0 Å². The second-order valence-electron chi connectivity index (χ2n) is 10.8. The van der Waals surface area contributed by atoms with Crippen LogP contribution in [-0.2, 0) is 21.8 Å². The summed E-state index contributed by atoms with van der Waals surface area (Å²) < 4.78 is 6.14. The standard InChI is InChI=1S/C18H23OS.C13H18OS/c1-18(2,3)19-16-10-11-17(20-12-6-7-13-20)15-9-5-4-8-14(15)16;1-10-8-12(9-11(2)13(10)14)15-6-4-3-5-7-15/h4-5,8-11H,6-7,12-13H2,1-3H3;8-9H,3-7H2,1-2H3/q+1;/p+1. The van der Waals surface area contributed by atoms with Crippen LogP contribution in [0.3, 0.4) is 0 Å². The number of phenols is 1. The number of benzene rings is 3. The van der Waals surface area contributed by atoms with E-state index in [9.17, 15) is 5.11 Å². The van der Waals surface area contributed by atoms with Gasteiger partial charge >= 0.3 is 0 Å². The molecule has 188 valence electrons. The first-order valence-corrected chi connectivity index (χ1v) is 16.2. The lowest BCUT2D eigenvalue weighted by molar-refractivity contribution is 0.133. The van der Waals surface area contributed by atoms with Gasteiger partial charge in [-0.3, -0.25) is 0 Å². The summed E-state index contributed by atoms with van der Waals surface area (Å²) in [4.78, 5) is 3.00. The van der Waals surface area contributed by atoms with Crippen molar-refractivity contribution in [2.75, 3.05) is 23.0 Å². The van der Waals surface area contributed by atoms with Gasteiger partial charge in [-0.1, -0.05) is 18.2 Å². The maximum Gasteiger partial charge on any atom is 0.162 e. The largest absolute Gasteiger partial charge is 0.507 e. The Balaban J connectivity index is 0.000000172. The number of ether oxygens (including phenoxy) is 1. The molecule has 0 saturated carbocycles. The SMILES string of the molecule is CC(C)(C)Oc1ccc([S+]2CCCC2)c2ccccc12.Cc1cc([S+]2CCCCC2)cc(C)c1O. The molecule has 0 atom stereocenters. The summed E-state index contributed by atoms with van der Waals surface area (Å²) >= 11 is 0. The van der Waals surface area contributed by atoms with Crippen LogP contribution in [0.2, 0.25) is 0 Å². The van der Waals surface area contributed by atoms with Crippen LogP contribution in [0.25, 0.3) is 10.8 Å². The molecule has 4 heteroatoms. The fourth-order valence-corrected chi connectivity index (χ4v) is 9.91. The van der Waals surface area contributed by atoms with Crippen molar-refractivity contribution in [3.63, 3.8) is 0 Å². The highest BCUT2D eigenvalue weighted by atomic mass is 32.2. The van der Waals surface area contributed by atoms with Gasteiger partial charge in [-0.05, 0) is 108 Å². The third kappa shape index (κ3) is 6.71. The van der Waals surface area contributed by atoms with Crippen molar-refractivity contribution in [2.45, 2.75) is 82.1 Å². The molecule has 5 rings (SSSR count). The summed E-state index contributed by atoms with van der Waals surface area (Å²) in [7, 11) is 0.900. The van der Waals surface area contributed by atoms with E-state index in [2.05, 4.69) is 69.3 Å². The summed E-state index contributed by atoms with van der Waals surface area (Å²) in [5.74, 6) is 6.92. The third-order valence-corrected chi connectivity index (χ3v) is 11.7. The number of hydrogen-bond donors (Lipinski definition) is 1. The molecule has 0 unspecified atom stereocenters. The molecule has 2 nitrogen and oxygen atoms in total. The van der Waals surface area contributed by atoms with E-state index in [0.717, 1.165) is 16.9 Å². The highest BCUT2D eigenvalue weighted by molar-refractivity contribution is 7.97. The zero-order chi connectivity index (χ0) is 25.0. The van der Waals surface area contributed by atoms with Gasteiger partial charge < -0.3 is 9.84 Å². The Labute approximate surface area is 218 Å². The molecule has 0 radical (unpaired) electrons. The average Bonchev–Trinajstić information content (AvgIpc) is 3.37. The molecule has 0 amide bonds. The van der Waals surface area contributed by atoms with Gasteiger partial charge in [0.15, 0.2) is 9.79 Å². The first-order chi connectivity index (χ1) is 16.7. The first-order valence-electron chi connectivity index (χ1n) is 13.1. The minimum Gasteiger partial charge on any atom is -0.507 e. The van der Waals surface area contributed by atoms with E-state index in [1.807, 2.05) is 13.8 Å². The quantitative estimate of drug-likeness (QED) is 0.362. The van der Waals surface area contributed by atoms with Gasteiger partial charge in [0.05, 0.1) is 0 Å². The molecule has 3 aromatic carbocycles. The minimum absolute atomic E-state index is 0.153. The minimum atomic E-state index is -0.153. The molecule has 0 aliphatic carbocycles. The van der Waals surface area contributed by atoms with Gasteiger partial charge in [0, 0.05) is 32.6 Å². The Morgan fingerprint density at radius 2 is 1.26 bits per heavy atom. The lowest BCUT2D eigenvalue weighted by Crippen LogP contribution is -2.23. The highest BCUT2D eigenvalue weighted by Crippen LogP contribution is 2.36. The lowest BCUT2D eigenvalue weighted by Gasteiger charge is -2.22. The molecular weight excluding hydrogens is 468 g/mol. The van der Waals surface area contributed by atoms with Gasteiger partial charge in [0.2, 0.25) is 0 Å². The Kier molecular flexibility index (Phi) is 8.65. The van der Waals surface area contributed by atoms with E-state index in [1.54, 1.807) is 4.90 Å². The fourth-order valence-electron chi connectivity index (χ4n) is 4.94. The molecule has 35 heavy (non-hydrogen) atoms. The van der Waals surface area contributed by atoms with Crippen LogP contribution < -0.4 is 4.74 Å². The zero-order valence-corrected chi connectivity index (χ0v) is 23.8. The molecule has 2 saturated heterocycles. The topological polar surface area (TPSA) is 29.5 Å². The van der Waals surface area contributed by atoms with E-state index in [4.69, 9.17) is 4.74 Å². The summed E-state index contributed by atoms with van der Waals surface area (Å²) in [5, 5.41) is 12.4. The smallest absolute Gasteiger partial charge is 0.162 e. The number of fused-ring (bicyclic) bond motifs is 1. The van der Waals surface area contributed by atoms with Gasteiger partial charge in [-0.25, -0.2) is 0 Å². The van der Waals surface area contributed by atoms with Crippen LogP contribution in [0, 0.1) is 13.8 Å². The monoisotopic (exact) mass is 510 g/mol. The molecule has 0 spiro atoms. The predicted molar refractivity (Wildman–Crippen MR) is 156 cm³/mol. The zero-order valence-electron chi connectivity index (χ0n) is 22.2. The Morgan fingerprint density at radius 1 is 0.714 bits per heavy atom. The highest BCUT2D eigenvalue weighted by Gasteiger charge is 2.29. The van der Waals surface area contributed by atoms with Crippen molar-refractivity contribution < 1.29 is 9.84 Å². The summed E-state index contributed by atoms with van der Waals surface area (Å²) in [6.07, 6.45) is 6.93. The molecule has 1 N–H and O–H groups in total. The van der Waals surface area contributed by atoms with Crippen LogP contribution in [0.15, 0.2) is 58.3 Å². The summed E-state index contributed by atoms with van der Waals surface area (Å²) in [6.45, 7) is 10.3. The number of rotatable bonds is 3. The Morgan fingerprint density at radius 3 is 1.86 bits per heavy atom. The van der Waals surface area contributed by atoms with Crippen LogP contribution >= 0.6 is 0 Å². The summed E-state index contributed by atoms with van der Waals surface area (Å²) in [5.41, 5.74) is 1.91. The number of aryl methyl sites for hydroxylation is 2. The van der Waals surface area contributed by atoms with Crippen LogP contribution in [0.1, 0.15) is 64.0 Å². The van der Waals surface area contributed by atoms with Crippen molar-refractivity contribution in [1.29, 1.82) is 0 Å². The fraction of sp³-hybridized carbons (Fsp3) is 0.484. The normalized spacial score (nSPS) is 17.3. The van der Waals surface area contributed by atoms with E-state index >= 15 is 0 Å². The molecule has 2 heterocycles. The van der Waals surface area contributed by atoms with E-state index in [0.29, 0.717) is 27.5 Å². The number of phenolic OH excluding ortho intramolecular Hbond substituents is 1. The van der Waals surface area contributed by atoms with Crippen molar-refractivity contribution in [3.05, 3.63) is 59.7 Å². The van der Waals surface area contributed by atoms with Crippen molar-refractivity contribution in [1.82, 2.24) is 0 Å². The van der Waals surface area contributed by atoms with Crippen molar-refractivity contribution >= 4 is 32.6 Å². The number of aromatic hydroxyl groups is 1. The molecule has 2 aliphatic rings. The van der Waals surface area contributed by atoms with E-state index in [-0.39, 0.29) is 5.60 Å². The average molecular weight is 511 g/mol. The second kappa shape index (κ2) is 11.5. The number of hydrogen-bond acceptors (Lipinski definition) is 2. The van der Waals surface area contributed by atoms with Crippen LogP contribution in [-0.4, -0.2) is 33.7 Å². The predicted octanol–water partition coefficient (Wildman–Crippen LogP) is 7.96. The molecule has 0 bridgehead atoms.